The van der Waals surface area contributed by atoms with Crippen LogP contribution in [0.25, 0.3) is 0 Å². The molecule has 0 bridgehead atoms. The number of nitrogens with zero attached hydrogens (tertiary/aromatic N) is 4. The van der Waals surface area contributed by atoms with Crippen molar-refractivity contribution in [2.45, 2.75) is 9.24 Å². The molecule has 1 saturated heterocycles. The Morgan fingerprint density at radius 1 is 1.14 bits per heavy atom. The predicted octanol–water partition coefficient (Wildman–Crippen LogP) is 0.935. The number of aromatic nitrogens is 2. The van der Waals surface area contributed by atoms with Gasteiger partial charge in [-0.25, -0.2) is 8.42 Å². The van der Waals surface area contributed by atoms with E-state index in [1.807, 2.05) is 0 Å². The van der Waals surface area contributed by atoms with Crippen molar-refractivity contribution in [3.05, 3.63) is 23.7 Å². The average molecular weight is 443 g/mol. The van der Waals surface area contributed by atoms with Gasteiger partial charge in [-0.1, -0.05) is 23.1 Å². The monoisotopic (exact) mass is 442 g/mol. The highest BCUT2D eigenvalue weighted by Gasteiger charge is 2.31. The number of fused-ring (bicyclic) bond motifs is 1. The van der Waals surface area contributed by atoms with Gasteiger partial charge in [-0.2, -0.15) is 4.31 Å². The molecule has 0 unspecified atom stereocenters. The molecule has 1 fully saturated rings. The number of piperazine rings is 1. The van der Waals surface area contributed by atoms with Crippen molar-refractivity contribution in [3.63, 3.8) is 0 Å². The van der Waals surface area contributed by atoms with E-state index >= 15 is 0 Å². The molecule has 0 aliphatic carbocycles. The lowest BCUT2D eigenvalue weighted by molar-refractivity contribution is -0.129. The summed E-state index contributed by atoms with van der Waals surface area (Å²) in [6.45, 7) is 2.08. The lowest BCUT2D eigenvalue weighted by Crippen LogP contribution is -2.50. The van der Waals surface area contributed by atoms with Gasteiger partial charge >= 0.3 is 0 Å². The smallest absolute Gasteiger partial charge is 0.243 e. The summed E-state index contributed by atoms with van der Waals surface area (Å²) in [5, 5.41) is 7.63. The lowest BCUT2D eigenvalue weighted by Gasteiger charge is -2.34. The van der Waals surface area contributed by atoms with Gasteiger partial charge in [-0.05, 0) is 12.1 Å². The third-order valence-electron chi connectivity index (χ3n) is 4.40. The normalized spacial score (nSPS) is 17.5. The minimum Gasteiger partial charge on any atom is -0.486 e. The number of ether oxygens (including phenoxy) is 2. The number of thioether (sulfide) groups is 1. The van der Waals surface area contributed by atoms with Gasteiger partial charge in [0, 0.05) is 32.2 Å². The number of sulfonamides is 1. The first-order valence-electron chi connectivity index (χ1n) is 8.60. The number of carbonyl (C=O) groups is 1. The Labute approximate surface area is 170 Å². The van der Waals surface area contributed by atoms with Crippen LogP contribution >= 0.6 is 23.1 Å². The molecule has 1 aromatic heterocycles. The maximum Gasteiger partial charge on any atom is 0.243 e. The topological polar surface area (TPSA) is 102 Å². The zero-order chi connectivity index (χ0) is 19.6. The Bertz CT molecular complexity index is 943. The van der Waals surface area contributed by atoms with Crippen LogP contribution in [0.15, 0.2) is 32.9 Å². The van der Waals surface area contributed by atoms with E-state index < -0.39 is 10.0 Å². The number of carbonyl (C=O) groups excluding carboxylic acids is 1. The van der Waals surface area contributed by atoms with Gasteiger partial charge in [0.05, 0.1) is 10.6 Å². The van der Waals surface area contributed by atoms with Crippen molar-refractivity contribution in [2.75, 3.05) is 45.1 Å². The Kier molecular flexibility index (Phi) is 5.71. The zero-order valence-electron chi connectivity index (χ0n) is 14.8. The van der Waals surface area contributed by atoms with Gasteiger partial charge in [0.25, 0.3) is 0 Å². The Morgan fingerprint density at radius 3 is 2.61 bits per heavy atom. The van der Waals surface area contributed by atoms with Gasteiger partial charge in [-0.3, -0.25) is 4.79 Å². The zero-order valence-corrected chi connectivity index (χ0v) is 17.3. The van der Waals surface area contributed by atoms with Crippen molar-refractivity contribution in [2.24, 2.45) is 0 Å². The molecule has 0 atom stereocenters. The molecule has 150 valence electrons. The number of rotatable bonds is 5. The van der Waals surface area contributed by atoms with E-state index in [9.17, 15) is 13.2 Å². The fourth-order valence-electron chi connectivity index (χ4n) is 2.95. The maximum absolute atomic E-state index is 12.9. The second-order valence-electron chi connectivity index (χ2n) is 6.08. The van der Waals surface area contributed by atoms with Gasteiger partial charge in [0.1, 0.15) is 18.7 Å². The summed E-state index contributed by atoms with van der Waals surface area (Å²) in [6, 6.07) is 4.64. The highest BCUT2D eigenvalue weighted by Crippen LogP contribution is 2.33. The highest BCUT2D eigenvalue weighted by molar-refractivity contribution is 8.01. The standard InChI is InChI=1S/C16H18N4O5S3/c21-15(10-26-16-18-17-11-27-16)19-3-5-20(6-4-19)28(22,23)12-1-2-13-14(9-12)25-8-7-24-13/h1-2,9,11H,3-8,10H2. The Hall–Kier alpha value is -1.89. The number of amides is 1. The molecule has 0 saturated carbocycles. The van der Waals surface area contributed by atoms with Gasteiger partial charge in [0.2, 0.25) is 15.9 Å². The summed E-state index contributed by atoms with van der Waals surface area (Å²) in [5.74, 6) is 1.23. The van der Waals surface area contributed by atoms with E-state index in [1.165, 1.54) is 39.5 Å². The fraction of sp³-hybridized carbons (Fsp3) is 0.438. The van der Waals surface area contributed by atoms with Crippen molar-refractivity contribution in [1.82, 2.24) is 19.4 Å². The number of hydrogen-bond acceptors (Lipinski definition) is 9. The minimum absolute atomic E-state index is 0.0309. The molecule has 3 heterocycles. The molecule has 1 aromatic carbocycles. The van der Waals surface area contributed by atoms with E-state index in [1.54, 1.807) is 16.5 Å². The summed E-state index contributed by atoms with van der Waals surface area (Å²) < 4.78 is 38.9. The molecule has 1 amide bonds. The van der Waals surface area contributed by atoms with Gasteiger partial charge < -0.3 is 14.4 Å². The third-order valence-corrected chi connectivity index (χ3v) is 8.14. The molecule has 0 radical (unpaired) electrons. The van der Waals surface area contributed by atoms with E-state index in [0.717, 1.165) is 4.34 Å². The van der Waals surface area contributed by atoms with Crippen LogP contribution in [0, 0.1) is 0 Å². The minimum atomic E-state index is -3.65. The molecular weight excluding hydrogens is 424 g/mol. The summed E-state index contributed by atoms with van der Waals surface area (Å²) >= 11 is 2.73. The molecule has 2 aliphatic heterocycles. The van der Waals surface area contributed by atoms with Crippen LogP contribution < -0.4 is 9.47 Å². The van der Waals surface area contributed by atoms with Crippen LogP contribution in [0.5, 0.6) is 11.5 Å². The van der Waals surface area contributed by atoms with E-state index in [2.05, 4.69) is 10.2 Å². The van der Waals surface area contributed by atoms with Crippen LogP contribution in [0.4, 0.5) is 0 Å². The molecule has 9 nitrogen and oxygen atoms in total. The lowest BCUT2D eigenvalue weighted by atomic mass is 10.3. The summed E-state index contributed by atoms with van der Waals surface area (Å²) in [5.41, 5.74) is 1.62. The van der Waals surface area contributed by atoms with Crippen LogP contribution in [0.1, 0.15) is 0 Å². The first-order valence-corrected chi connectivity index (χ1v) is 11.9. The van der Waals surface area contributed by atoms with Crippen molar-refractivity contribution in [3.8, 4) is 11.5 Å². The van der Waals surface area contributed by atoms with Crippen molar-refractivity contribution >= 4 is 39.0 Å². The largest absolute Gasteiger partial charge is 0.486 e. The summed E-state index contributed by atoms with van der Waals surface area (Å²) in [6.07, 6.45) is 0. The van der Waals surface area contributed by atoms with E-state index in [-0.39, 0.29) is 29.6 Å². The highest BCUT2D eigenvalue weighted by atomic mass is 32.2. The SMILES string of the molecule is O=C(CSc1nncs1)N1CCN(S(=O)(=O)c2ccc3c(c2)OCCO3)CC1. The average Bonchev–Trinajstić information content (AvgIpc) is 3.25. The fourth-order valence-corrected chi connectivity index (χ4v) is 5.78. The third kappa shape index (κ3) is 4.09. The summed E-state index contributed by atoms with van der Waals surface area (Å²) in [7, 11) is -3.65. The molecule has 28 heavy (non-hydrogen) atoms. The van der Waals surface area contributed by atoms with E-state index in [0.29, 0.717) is 37.8 Å². The van der Waals surface area contributed by atoms with Crippen molar-refractivity contribution < 1.29 is 22.7 Å². The second kappa shape index (κ2) is 8.23. The molecule has 12 heteroatoms. The van der Waals surface area contributed by atoms with Gasteiger partial charge in [0.15, 0.2) is 15.8 Å². The molecule has 2 aliphatic rings. The predicted molar refractivity (Wildman–Crippen MR) is 103 cm³/mol. The van der Waals surface area contributed by atoms with Crippen LogP contribution in [-0.2, 0) is 14.8 Å². The quantitative estimate of drug-likeness (QED) is 0.631. The molecule has 0 N–H and O–H groups in total. The first kappa shape index (κ1) is 19.4. The Morgan fingerprint density at radius 2 is 1.89 bits per heavy atom. The molecule has 0 spiro atoms. The maximum atomic E-state index is 12.9. The van der Waals surface area contributed by atoms with Crippen LogP contribution in [0.2, 0.25) is 0 Å². The summed E-state index contributed by atoms with van der Waals surface area (Å²) in [4.78, 5) is 14.2. The van der Waals surface area contributed by atoms with Crippen LogP contribution in [-0.4, -0.2) is 78.9 Å². The first-order chi connectivity index (χ1) is 13.5. The Balaban J connectivity index is 1.36. The molecule has 4 rings (SSSR count). The molecular formula is C16H18N4O5S3. The van der Waals surface area contributed by atoms with E-state index in [4.69, 9.17) is 9.47 Å². The van der Waals surface area contributed by atoms with Gasteiger partial charge in [-0.15, -0.1) is 10.2 Å². The number of hydrogen-bond donors (Lipinski definition) is 0. The molecule has 2 aromatic rings. The van der Waals surface area contributed by atoms with Crippen molar-refractivity contribution in [1.29, 1.82) is 0 Å². The number of benzene rings is 1. The second-order valence-corrected chi connectivity index (χ2v) is 10.1. The van der Waals surface area contributed by atoms with Crippen LogP contribution in [0.3, 0.4) is 0 Å².